The SMILES string of the molecule is C=CC(=O)OCCCCCCCc1ccc(-c2ccc(C3(ON)CCC(CCC)CC3)cc2)cc1. The van der Waals surface area contributed by atoms with Crippen molar-refractivity contribution < 1.29 is 14.4 Å². The van der Waals surface area contributed by atoms with Crippen LogP contribution >= 0.6 is 0 Å². The molecule has 2 aromatic carbocycles. The third-order valence-electron chi connectivity index (χ3n) is 7.55. The van der Waals surface area contributed by atoms with Gasteiger partial charge in [0.15, 0.2) is 0 Å². The maximum atomic E-state index is 11.0. The van der Waals surface area contributed by atoms with Crippen molar-refractivity contribution in [3.8, 4) is 11.1 Å². The molecule has 35 heavy (non-hydrogen) atoms. The number of ether oxygens (including phenoxy) is 1. The van der Waals surface area contributed by atoms with Crippen LogP contribution in [0.4, 0.5) is 0 Å². The van der Waals surface area contributed by atoms with Crippen molar-refractivity contribution in [3.05, 3.63) is 72.3 Å². The van der Waals surface area contributed by atoms with Gasteiger partial charge in [0.25, 0.3) is 0 Å². The lowest BCUT2D eigenvalue weighted by atomic mass is 9.74. The zero-order valence-corrected chi connectivity index (χ0v) is 21.5. The first-order chi connectivity index (χ1) is 17.1. The molecule has 2 aromatic rings. The zero-order valence-electron chi connectivity index (χ0n) is 21.5. The second kappa shape index (κ2) is 14.2. The number of benzene rings is 2. The van der Waals surface area contributed by atoms with Gasteiger partial charge in [0.1, 0.15) is 5.60 Å². The van der Waals surface area contributed by atoms with Gasteiger partial charge in [0.05, 0.1) is 6.61 Å². The molecule has 0 saturated heterocycles. The average molecular weight is 478 g/mol. The van der Waals surface area contributed by atoms with Crippen molar-refractivity contribution in [3.63, 3.8) is 0 Å². The summed E-state index contributed by atoms with van der Waals surface area (Å²) in [7, 11) is 0. The van der Waals surface area contributed by atoms with Gasteiger partial charge in [0.2, 0.25) is 0 Å². The molecule has 0 aromatic heterocycles. The molecule has 0 aliphatic heterocycles. The molecule has 0 amide bonds. The summed E-state index contributed by atoms with van der Waals surface area (Å²) in [6.45, 7) is 6.16. The topological polar surface area (TPSA) is 61.5 Å². The summed E-state index contributed by atoms with van der Waals surface area (Å²) in [4.78, 5) is 16.6. The van der Waals surface area contributed by atoms with Crippen LogP contribution < -0.4 is 5.90 Å². The first-order valence-corrected chi connectivity index (χ1v) is 13.5. The fourth-order valence-corrected chi connectivity index (χ4v) is 5.34. The van der Waals surface area contributed by atoms with Gasteiger partial charge in [-0.2, -0.15) is 0 Å². The Morgan fingerprint density at radius 2 is 1.57 bits per heavy atom. The van der Waals surface area contributed by atoms with Crippen LogP contribution in [0.15, 0.2) is 61.2 Å². The first-order valence-electron chi connectivity index (χ1n) is 13.5. The highest BCUT2D eigenvalue weighted by Gasteiger charge is 2.37. The van der Waals surface area contributed by atoms with Gasteiger partial charge in [-0.15, -0.1) is 0 Å². The van der Waals surface area contributed by atoms with E-state index in [0.29, 0.717) is 6.61 Å². The molecule has 2 N–H and O–H groups in total. The van der Waals surface area contributed by atoms with E-state index in [0.717, 1.165) is 38.0 Å². The predicted molar refractivity (Wildman–Crippen MR) is 144 cm³/mol. The maximum absolute atomic E-state index is 11.0. The van der Waals surface area contributed by atoms with Crippen molar-refractivity contribution in [1.82, 2.24) is 0 Å². The van der Waals surface area contributed by atoms with Gasteiger partial charge in [-0.05, 0) is 73.1 Å². The van der Waals surface area contributed by atoms with E-state index in [-0.39, 0.29) is 11.6 Å². The molecular weight excluding hydrogens is 434 g/mol. The van der Waals surface area contributed by atoms with Crippen molar-refractivity contribution in [2.24, 2.45) is 11.8 Å². The van der Waals surface area contributed by atoms with Crippen LogP contribution in [0.1, 0.15) is 88.7 Å². The molecule has 0 atom stereocenters. The molecule has 1 fully saturated rings. The van der Waals surface area contributed by atoms with Gasteiger partial charge >= 0.3 is 5.97 Å². The molecule has 0 unspecified atom stereocenters. The lowest BCUT2D eigenvalue weighted by molar-refractivity contribution is -0.137. The molecule has 1 saturated carbocycles. The molecule has 4 nitrogen and oxygen atoms in total. The average Bonchev–Trinajstić information content (AvgIpc) is 2.91. The summed E-state index contributed by atoms with van der Waals surface area (Å²) in [6, 6.07) is 17.8. The molecule has 0 radical (unpaired) electrons. The fraction of sp³-hybridized carbons (Fsp3) is 0.516. The Morgan fingerprint density at radius 3 is 2.17 bits per heavy atom. The molecule has 3 rings (SSSR count). The minimum Gasteiger partial charge on any atom is -0.463 e. The molecule has 0 heterocycles. The summed E-state index contributed by atoms with van der Waals surface area (Å²) in [5.41, 5.74) is 4.72. The Bertz CT molecular complexity index is 896. The van der Waals surface area contributed by atoms with Crippen LogP contribution in [0.25, 0.3) is 11.1 Å². The van der Waals surface area contributed by atoms with E-state index in [4.69, 9.17) is 15.5 Å². The minimum absolute atomic E-state index is 0.331. The van der Waals surface area contributed by atoms with Crippen LogP contribution in [0, 0.1) is 5.92 Å². The van der Waals surface area contributed by atoms with Gasteiger partial charge in [0, 0.05) is 6.08 Å². The summed E-state index contributed by atoms with van der Waals surface area (Å²) in [6.07, 6.45) is 14.8. The molecule has 1 aliphatic rings. The van der Waals surface area contributed by atoms with Crippen molar-refractivity contribution in [1.29, 1.82) is 0 Å². The number of carbonyl (C=O) groups is 1. The van der Waals surface area contributed by atoms with Crippen molar-refractivity contribution >= 4 is 5.97 Å². The number of nitrogens with two attached hydrogens (primary N) is 1. The highest BCUT2D eigenvalue weighted by molar-refractivity contribution is 5.81. The number of hydrogen-bond acceptors (Lipinski definition) is 4. The quantitative estimate of drug-likeness (QED) is 0.131. The highest BCUT2D eigenvalue weighted by atomic mass is 16.6. The van der Waals surface area contributed by atoms with Crippen molar-refractivity contribution in [2.75, 3.05) is 6.61 Å². The van der Waals surface area contributed by atoms with E-state index in [9.17, 15) is 4.79 Å². The van der Waals surface area contributed by atoms with E-state index in [1.807, 2.05) is 0 Å². The van der Waals surface area contributed by atoms with E-state index in [1.165, 1.54) is 73.3 Å². The molecule has 0 bridgehead atoms. The predicted octanol–water partition coefficient (Wildman–Crippen LogP) is 7.65. The summed E-state index contributed by atoms with van der Waals surface area (Å²) in [5, 5.41) is 0. The molecule has 1 aliphatic carbocycles. The number of rotatable bonds is 14. The second-order valence-corrected chi connectivity index (χ2v) is 10.0. The van der Waals surface area contributed by atoms with E-state index in [2.05, 4.69) is 62.0 Å². The second-order valence-electron chi connectivity index (χ2n) is 10.0. The van der Waals surface area contributed by atoms with Gasteiger partial charge in [-0.25, -0.2) is 10.7 Å². The molecule has 190 valence electrons. The largest absolute Gasteiger partial charge is 0.463 e. The van der Waals surface area contributed by atoms with Crippen LogP contribution in [0.5, 0.6) is 0 Å². The van der Waals surface area contributed by atoms with Gasteiger partial charge in [-0.1, -0.05) is 94.1 Å². The fourth-order valence-electron chi connectivity index (χ4n) is 5.34. The van der Waals surface area contributed by atoms with Crippen LogP contribution in [0.2, 0.25) is 0 Å². The summed E-state index contributed by atoms with van der Waals surface area (Å²) in [5.74, 6) is 6.31. The van der Waals surface area contributed by atoms with E-state index in [1.54, 1.807) is 0 Å². The monoisotopic (exact) mass is 477 g/mol. The van der Waals surface area contributed by atoms with Gasteiger partial charge in [-0.3, -0.25) is 4.84 Å². The Morgan fingerprint density at radius 1 is 0.971 bits per heavy atom. The number of esters is 1. The maximum Gasteiger partial charge on any atom is 0.330 e. The number of carbonyl (C=O) groups excluding carboxylic acids is 1. The molecular formula is C31H43NO3. The van der Waals surface area contributed by atoms with E-state index < -0.39 is 0 Å². The molecule has 0 spiro atoms. The van der Waals surface area contributed by atoms with Crippen molar-refractivity contribution in [2.45, 2.75) is 89.6 Å². The standard InChI is InChI=1S/C31H43NO3/c1-3-10-25-20-22-31(35-32,23-21-25)29-18-16-28(17-19-29)27-14-12-26(13-15-27)11-8-6-5-7-9-24-34-30(33)4-2/h4,12-19,25H,2-3,5-11,20-24,32H2,1H3. The smallest absolute Gasteiger partial charge is 0.330 e. The Balaban J connectivity index is 1.44. The third-order valence-corrected chi connectivity index (χ3v) is 7.55. The highest BCUT2D eigenvalue weighted by Crippen LogP contribution is 2.43. The normalized spacial score (nSPS) is 19.9. The third kappa shape index (κ3) is 8.05. The summed E-state index contributed by atoms with van der Waals surface area (Å²) < 4.78 is 5.01. The lowest BCUT2D eigenvalue weighted by Gasteiger charge is -2.38. The number of hydrogen-bond donors (Lipinski definition) is 1. The van der Waals surface area contributed by atoms with E-state index >= 15 is 0 Å². The Labute approximate surface area is 211 Å². The summed E-state index contributed by atoms with van der Waals surface area (Å²) >= 11 is 0. The number of aryl methyl sites for hydroxylation is 1. The number of unbranched alkanes of at least 4 members (excludes halogenated alkanes) is 4. The van der Waals surface area contributed by atoms with Gasteiger partial charge < -0.3 is 4.74 Å². The van der Waals surface area contributed by atoms with Crippen LogP contribution in [-0.4, -0.2) is 12.6 Å². The minimum atomic E-state index is -0.331. The van der Waals surface area contributed by atoms with Crippen LogP contribution in [0.3, 0.4) is 0 Å². The Kier molecular flexibility index (Phi) is 11.0. The zero-order chi connectivity index (χ0) is 24.9. The Hall–Kier alpha value is -2.43. The molecule has 4 heteroatoms. The first kappa shape index (κ1) is 27.2. The lowest BCUT2D eigenvalue weighted by Crippen LogP contribution is -2.37. The van der Waals surface area contributed by atoms with Crippen LogP contribution in [-0.2, 0) is 26.4 Å².